The summed E-state index contributed by atoms with van der Waals surface area (Å²) < 4.78 is 5.10. The van der Waals surface area contributed by atoms with Gasteiger partial charge in [-0.1, -0.05) is 44.2 Å². The Balaban J connectivity index is 1.88. The van der Waals surface area contributed by atoms with Crippen LogP contribution in [0.5, 0.6) is 0 Å². The molecular formula is C19H24N2O4. The van der Waals surface area contributed by atoms with Crippen LogP contribution in [-0.2, 0) is 16.0 Å². The quantitative estimate of drug-likeness (QED) is 0.681. The fourth-order valence-electron chi connectivity index (χ4n) is 2.43. The number of amides is 2. The molecule has 0 spiro atoms. The molecule has 0 bridgehead atoms. The van der Waals surface area contributed by atoms with E-state index >= 15 is 0 Å². The number of rotatable bonds is 8. The average Bonchev–Trinajstić information content (AvgIpc) is 3.12. The van der Waals surface area contributed by atoms with Crippen LogP contribution < -0.4 is 10.6 Å². The van der Waals surface area contributed by atoms with Crippen molar-refractivity contribution in [1.29, 1.82) is 0 Å². The third-order valence-corrected chi connectivity index (χ3v) is 3.81. The number of benzene rings is 1. The van der Waals surface area contributed by atoms with Gasteiger partial charge in [-0.3, -0.25) is 9.59 Å². The number of aliphatic hydroxyl groups excluding tert-OH is 1. The van der Waals surface area contributed by atoms with Gasteiger partial charge in [-0.2, -0.15) is 0 Å². The molecule has 6 heteroatoms. The summed E-state index contributed by atoms with van der Waals surface area (Å²) in [6, 6.07) is 12.0. The van der Waals surface area contributed by atoms with Gasteiger partial charge in [0.2, 0.25) is 11.8 Å². The van der Waals surface area contributed by atoms with E-state index in [0.717, 1.165) is 5.56 Å². The number of hydrogen-bond donors (Lipinski definition) is 3. The SMILES string of the molecule is CC(C)C(NC(=O)Cc1ccccc1)C(=O)NCC(O)c1ccco1. The zero-order valence-corrected chi connectivity index (χ0v) is 14.4. The van der Waals surface area contributed by atoms with Crippen molar-refractivity contribution >= 4 is 11.8 Å². The molecule has 2 unspecified atom stereocenters. The molecule has 2 amide bonds. The third kappa shape index (κ3) is 5.76. The van der Waals surface area contributed by atoms with Gasteiger partial charge in [0.25, 0.3) is 0 Å². The van der Waals surface area contributed by atoms with Crippen LogP contribution in [-0.4, -0.2) is 29.5 Å². The van der Waals surface area contributed by atoms with Crippen LogP contribution in [0.15, 0.2) is 53.1 Å². The summed E-state index contributed by atoms with van der Waals surface area (Å²) in [5.74, 6) is -0.247. The molecule has 0 aliphatic carbocycles. The first kappa shape index (κ1) is 18.7. The fourth-order valence-corrected chi connectivity index (χ4v) is 2.43. The van der Waals surface area contributed by atoms with Gasteiger partial charge in [0, 0.05) is 0 Å². The first-order valence-electron chi connectivity index (χ1n) is 8.30. The van der Waals surface area contributed by atoms with E-state index in [4.69, 9.17) is 4.42 Å². The Morgan fingerprint density at radius 2 is 1.84 bits per heavy atom. The molecule has 0 aliphatic rings. The summed E-state index contributed by atoms with van der Waals surface area (Å²) in [5.41, 5.74) is 0.885. The van der Waals surface area contributed by atoms with E-state index in [0.29, 0.717) is 5.76 Å². The molecule has 0 fully saturated rings. The maximum Gasteiger partial charge on any atom is 0.242 e. The van der Waals surface area contributed by atoms with Crippen molar-refractivity contribution in [3.63, 3.8) is 0 Å². The number of nitrogens with one attached hydrogen (secondary N) is 2. The van der Waals surface area contributed by atoms with Gasteiger partial charge in [-0.15, -0.1) is 0 Å². The minimum Gasteiger partial charge on any atom is -0.467 e. The second-order valence-electron chi connectivity index (χ2n) is 6.23. The van der Waals surface area contributed by atoms with Crippen molar-refractivity contribution in [3.8, 4) is 0 Å². The first-order chi connectivity index (χ1) is 12.0. The van der Waals surface area contributed by atoms with Crippen LogP contribution in [0.1, 0.15) is 31.3 Å². The van der Waals surface area contributed by atoms with E-state index < -0.39 is 12.1 Å². The van der Waals surface area contributed by atoms with E-state index in [2.05, 4.69) is 10.6 Å². The second kappa shape index (κ2) is 9.03. The minimum atomic E-state index is -0.924. The van der Waals surface area contributed by atoms with Gasteiger partial charge >= 0.3 is 0 Å². The summed E-state index contributed by atoms with van der Waals surface area (Å²) in [4.78, 5) is 24.6. The van der Waals surface area contributed by atoms with Crippen LogP contribution >= 0.6 is 0 Å². The van der Waals surface area contributed by atoms with Crippen LogP contribution in [0, 0.1) is 5.92 Å². The first-order valence-corrected chi connectivity index (χ1v) is 8.30. The summed E-state index contributed by atoms with van der Waals surface area (Å²) in [5, 5.41) is 15.4. The largest absolute Gasteiger partial charge is 0.467 e. The Morgan fingerprint density at radius 3 is 2.44 bits per heavy atom. The lowest BCUT2D eigenvalue weighted by molar-refractivity contribution is -0.130. The Bertz CT molecular complexity index is 668. The van der Waals surface area contributed by atoms with Crippen LogP contribution in [0.25, 0.3) is 0 Å². The summed E-state index contributed by atoms with van der Waals surface area (Å²) >= 11 is 0. The zero-order chi connectivity index (χ0) is 18.2. The molecule has 6 nitrogen and oxygen atoms in total. The van der Waals surface area contributed by atoms with Gasteiger partial charge in [-0.05, 0) is 23.6 Å². The van der Waals surface area contributed by atoms with Gasteiger partial charge in [0.15, 0.2) is 0 Å². The van der Waals surface area contributed by atoms with Gasteiger partial charge < -0.3 is 20.2 Å². The van der Waals surface area contributed by atoms with Crippen molar-refractivity contribution in [1.82, 2.24) is 10.6 Å². The third-order valence-electron chi connectivity index (χ3n) is 3.81. The fraction of sp³-hybridized carbons (Fsp3) is 0.368. The van der Waals surface area contributed by atoms with Crippen molar-refractivity contribution in [2.75, 3.05) is 6.54 Å². The molecule has 1 aromatic heterocycles. The van der Waals surface area contributed by atoms with E-state index in [1.807, 2.05) is 44.2 Å². The predicted molar refractivity (Wildman–Crippen MR) is 93.6 cm³/mol. The Labute approximate surface area is 147 Å². The van der Waals surface area contributed by atoms with Gasteiger partial charge in [0.1, 0.15) is 17.9 Å². The molecule has 1 heterocycles. The predicted octanol–water partition coefficient (Wildman–Crippen LogP) is 1.81. The Morgan fingerprint density at radius 1 is 1.12 bits per heavy atom. The molecule has 25 heavy (non-hydrogen) atoms. The Kier molecular flexibility index (Phi) is 6.77. The van der Waals surface area contributed by atoms with E-state index in [-0.39, 0.29) is 30.7 Å². The molecule has 0 radical (unpaired) electrons. The van der Waals surface area contributed by atoms with Gasteiger partial charge in [-0.25, -0.2) is 0 Å². The van der Waals surface area contributed by atoms with Crippen molar-refractivity contribution < 1.29 is 19.1 Å². The highest BCUT2D eigenvalue weighted by molar-refractivity contribution is 5.88. The maximum atomic E-state index is 12.4. The molecule has 0 saturated carbocycles. The second-order valence-corrected chi connectivity index (χ2v) is 6.23. The van der Waals surface area contributed by atoms with Crippen molar-refractivity contribution in [3.05, 3.63) is 60.1 Å². The number of carbonyl (C=O) groups excluding carboxylic acids is 2. The monoisotopic (exact) mass is 344 g/mol. The van der Waals surface area contributed by atoms with Crippen LogP contribution in [0.2, 0.25) is 0 Å². The lowest BCUT2D eigenvalue weighted by Gasteiger charge is -2.22. The number of furan rings is 1. The highest BCUT2D eigenvalue weighted by Gasteiger charge is 2.25. The summed E-state index contributed by atoms with van der Waals surface area (Å²) in [6.45, 7) is 3.73. The van der Waals surface area contributed by atoms with E-state index in [1.54, 1.807) is 12.1 Å². The summed E-state index contributed by atoms with van der Waals surface area (Å²) in [6.07, 6.45) is 0.750. The smallest absolute Gasteiger partial charge is 0.242 e. The number of hydrogen-bond acceptors (Lipinski definition) is 4. The maximum absolute atomic E-state index is 12.4. The molecule has 1 aromatic carbocycles. The highest BCUT2D eigenvalue weighted by atomic mass is 16.4. The average molecular weight is 344 g/mol. The van der Waals surface area contributed by atoms with Crippen molar-refractivity contribution in [2.24, 2.45) is 5.92 Å². The van der Waals surface area contributed by atoms with Crippen molar-refractivity contribution in [2.45, 2.75) is 32.4 Å². The molecule has 3 N–H and O–H groups in total. The van der Waals surface area contributed by atoms with E-state index in [1.165, 1.54) is 6.26 Å². The number of aliphatic hydroxyl groups is 1. The number of carbonyl (C=O) groups is 2. The molecule has 2 rings (SSSR count). The molecule has 0 saturated heterocycles. The molecular weight excluding hydrogens is 320 g/mol. The highest BCUT2D eigenvalue weighted by Crippen LogP contribution is 2.12. The normalized spacial score (nSPS) is 13.3. The molecule has 134 valence electrons. The molecule has 0 aliphatic heterocycles. The van der Waals surface area contributed by atoms with E-state index in [9.17, 15) is 14.7 Å². The Hall–Kier alpha value is -2.60. The minimum absolute atomic E-state index is 0.0180. The lowest BCUT2D eigenvalue weighted by Crippen LogP contribution is -2.50. The molecule has 2 atom stereocenters. The molecule has 2 aromatic rings. The zero-order valence-electron chi connectivity index (χ0n) is 14.4. The van der Waals surface area contributed by atoms with Gasteiger partial charge in [0.05, 0.1) is 19.2 Å². The summed E-state index contributed by atoms with van der Waals surface area (Å²) in [7, 11) is 0. The van der Waals surface area contributed by atoms with Crippen LogP contribution in [0.4, 0.5) is 0 Å². The van der Waals surface area contributed by atoms with Crippen LogP contribution in [0.3, 0.4) is 0 Å². The standard InChI is InChI=1S/C19H24N2O4/c1-13(2)18(21-17(23)11-14-7-4-3-5-8-14)19(24)20-12-15(22)16-9-6-10-25-16/h3-10,13,15,18,22H,11-12H2,1-2H3,(H,20,24)(H,21,23). The lowest BCUT2D eigenvalue weighted by atomic mass is 10.0. The topological polar surface area (TPSA) is 91.6 Å².